The summed E-state index contributed by atoms with van der Waals surface area (Å²) in [7, 11) is 0. The predicted octanol–water partition coefficient (Wildman–Crippen LogP) is 0.399. The van der Waals surface area contributed by atoms with Crippen molar-refractivity contribution in [2.75, 3.05) is 18.8 Å². The molecule has 0 aliphatic heterocycles. The van der Waals surface area contributed by atoms with Crippen LogP contribution in [0, 0.1) is 11.5 Å². The first-order valence-corrected chi connectivity index (χ1v) is 8.19. The normalized spacial score (nSPS) is 11.0. The van der Waals surface area contributed by atoms with Crippen LogP contribution in [-0.4, -0.2) is 40.6 Å². The fourth-order valence-electron chi connectivity index (χ4n) is 1.43. The van der Waals surface area contributed by atoms with Crippen molar-refractivity contribution >= 4 is 40.1 Å². The van der Waals surface area contributed by atoms with Gasteiger partial charge in [-0.3, -0.25) is 0 Å². The minimum atomic E-state index is 0.00870. The van der Waals surface area contributed by atoms with Gasteiger partial charge in [-0.2, -0.15) is 22.0 Å². The van der Waals surface area contributed by atoms with Crippen molar-refractivity contribution in [2.24, 2.45) is 27.2 Å². The van der Waals surface area contributed by atoms with Crippen LogP contribution in [0.5, 0.6) is 0 Å². The molecule has 0 fully saturated rings. The van der Waals surface area contributed by atoms with Crippen LogP contribution in [0.15, 0.2) is 15.4 Å². The maximum Gasteiger partial charge on any atom is 0.212 e. The van der Waals surface area contributed by atoms with Crippen LogP contribution >= 0.6 is 23.1 Å². The predicted molar refractivity (Wildman–Crippen MR) is 88.2 cm³/mol. The van der Waals surface area contributed by atoms with Crippen molar-refractivity contribution in [1.82, 2.24) is 9.88 Å². The van der Waals surface area contributed by atoms with Crippen molar-refractivity contribution in [2.45, 2.75) is 12.7 Å². The zero-order valence-electron chi connectivity index (χ0n) is 11.7. The molecule has 1 heterocycles. The Balaban J connectivity index is 2.37. The van der Waals surface area contributed by atoms with Gasteiger partial charge in [-0.15, -0.1) is 16.3 Å². The van der Waals surface area contributed by atoms with E-state index in [1.54, 1.807) is 18.0 Å². The number of hydrogen-bond donors (Lipinski definition) is 3. The van der Waals surface area contributed by atoms with Gasteiger partial charge in [0.25, 0.3) is 0 Å². The van der Waals surface area contributed by atoms with Gasteiger partial charge in [0.05, 0.1) is 5.69 Å². The van der Waals surface area contributed by atoms with Gasteiger partial charge in [0, 0.05) is 30.0 Å². The Morgan fingerprint density at radius 2 is 2.29 bits per heavy atom. The van der Waals surface area contributed by atoms with E-state index in [4.69, 9.17) is 22.5 Å². The molecular formula is C11H18N8S2. The number of aliphatic imine (C=N–C) groups is 2. The molecule has 0 bridgehead atoms. The van der Waals surface area contributed by atoms with Gasteiger partial charge >= 0.3 is 0 Å². The highest BCUT2D eigenvalue weighted by Crippen LogP contribution is 2.21. The van der Waals surface area contributed by atoms with Gasteiger partial charge in [0.15, 0.2) is 5.96 Å². The summed E-state index contributed by atoms with van der Waals surface area (Å²) in [5, 5.41) is 11.0. The zero-order valence-corrected chi connectivity index (χ0v) is 13.3. The summed E-state index contributed by atoms with van der Waals surface area (Å²) in [6.07, 6.45) is 1.69. The molecule has 0 spiro atoms. The number of nitriles is 1. The molecule has 114 valence electrons. The summed E-state index contributed by atoms with van der Waals surface area (Å²) in [5.41, 5.74) is 17.2. The molecule has 0 saturated heterocycles. The average Bonchev–Trinajstić information content (AvgIpc) is 2.85. The minimum absolute atomic E-state index is 0.00870. The Morgan fingerprint density at radius 1 is 1.52 bits per heavy atom. The van der Waals surface area contributed by atoms with Gasteiger partial charge in [0.2, 0.25) is 17.3 Å². The van der Waals surface area contributed by atoms with Gasteiger partial charge < -0.3 is 22.1 Å². The van der Waals surface area contributed by atoms with E-state index in [9.17, 15) is 0 Å². The van der Waals surface area contributed by atoms with Crippen molar-refractivity contribution in [3.05, 3.63) is 11.1 Å². The highest BCUT2D eigenvalue weighted by atomic mass is 32.2. The van der Waals surface area contributed by atoms with Crippen LogP contribution in [0.3, 0.4) is 0 Å². The summed E-state index contributed by atoms with van der Waals surface area (Å²) < 4.78 is 0. The van der Waals surface area contributed by atoms with Crippen LogP contribution in [-0.2, 0) is 5.75 Å². The fraction of sp³-hybridized carbons (Fsp3) is 0.455. The summed E-state index contributed by atoms with van der Waals surface area (Å²) >= 11 is 3.12. The molecule has 0 aliphatic carbocycles. The number of guanidine groups is 2. The lowest BCUT2D eigenvalue weighted by Gasteiger charge is -2.20. The lowest BCUT2D eigenvalue weighted by molar-refractivity contribution is 0.464. The number of nitrogens with zero attached hydrogens (tertiary/aromatic N) is 5. The first-order chi connectivity index (χ1) is 10.1. The van der Waals surface area contributed by atoms with E-state index >= 15 is 0 Å². The third-order valence-electron chi connectivity index (χ3n) is 2.39. The van der Waals surface area contributed by atoms with E-state index in [0.29, 0.717) is 11.7 Å². The smallest absolute Gasteiger partial charge is 0.212 e. The molecule has 0 aliphatic rings. The Morgan fingerprint density at radius 3 is 2.90 bits per heavy atom. The Hall–Kier alpha value is -1.99. The first-order valence-electron chi connectivity index (χ1n) is 6.15. The van der Waals surface area contributed by atoms with E-state index in [0.717, 1.165) is 23.7 Å². The molecule has 6 N–H and O–H groups in total. The van der Waals surface area contributed by atoms with Gasteiger partial charge in [-0.1, -0.05) is 0 Å². The molecule has 0 aromatic carbocycles. The van der Waals surface area contributed by atoms with Crippen molar-refractivity contribution in [3.8, 4) is 6.19 Å². The Bertz CT molecular complexity index is 541. The summed E-state index contributed by atoms with van der Waals surface area (Å²) in [6.45, 7) is 3.40. The number of aromatic nitrogens is 1. The summed E-state index contributed by atoms with van der Waals surface area (Å²) in [4.78, 5) is 13.6. The minimum Gasteiger partial charge on any atom is -0.370 e. The van der Waals surface area contributed by atoms with E-state index < -0.39 is 0 Å². The molecular weight excluding hydrogens is 308 g/mol. The summed E-state index contributed by atoms with van der Waals surface area (Å²) in [5.74, 6) is 1.88. The molecule has 0 saturated carbocycles. The van der Waals surface area contributed by atoms with Crippen LogP contribution in [0.25, 0.3) is 0 Å². The highest BCUT2D eigenvalue weighted by molar-refractivity contribution is 7.98. The van der Waals surface area contributed by atoms with Gasteiger partial charge in [-0.05, 0) is 6.92 Å². The summed E-state index contributed by atoms with van der Waals surface area (Å²) in [6, 6.07) is 0. The monoisotopic (exact) mass is 326 g/mol. The molecule has 21 heavy (non-hydrogen) atoms. The standard InChI is InChI=1S/C11H18N8S2/c1-2-19(10(15)16-7-12)3-4-20-5-8-6-21-11(17-8)18-9(13)14/h6H,2-5H2,1H3,(H2,15,16)(H4,13,14,17,18). The Kier molecular flexibility index (Phi) is 7.34. The van der Waals surface area contributed by atoms with Gasteiger partial charge in [0.1, 0.15) is 0 Å². The number of rotatable bonds is 7. The van der Waals surface area contributed by atoms with E-state index in [1.165, 1.54) is 11.3 Å². The average molecular weight is 326 g/mol. The molecule has 0 atom stereocenters. The van der Waals surface area contributed by atoms with Crippen molar-refractivity contribution < 1.29 is 0 Å². The van der Waals surface area contributed by atoms with Crippen LogP contribution in [0.4, 0.5) is 5.13 Å². The van der Waals surface area contributed by atoms with Crippen molar-refractivity contribution in [3.63, 3.8) is 0 Å². The van der Waals surface area contributed by atoms with Crippen molar-refractivity contribution in [1.29, 1.82) is 5.26 Å². The molecule has 1 rings (SSSR count). The third kappa shape index (κ3) is 6.33. The van der Waals surface area contributed by atoms with E-state index in [-0.39, 0.29) is 11.9 Å². The number of thiazole rings is 1. The molecule has 0 unspecified atom stereocenters. The topological polar surface area (TPSA) is 143 Å². The second kappa shape index (κ2) is 9.04. The number of nitrogens with two attached hydrogens (primary N) is 3. The first kappa shape index (κ1) is 17.1. The molecule has 1 aromatic heterocycles. The van der Waals surface area contributed by atoms with E-state index in [2.05, 4.69) is 15.0 Å². The maximum atomic E-state index is 8.48. The zero-order chi connectivity index (χ0) is 15.7. The maximum absolute atomic E-state index is 8.48. The van der Waals surface area contributed by atoms with Crippen LogP contribution in [0.2, 0.25) is 0 Å². The van der Waals surface area contributed by atoms with Crippen LogP contribution in [0.1, 0.15) is 12.6 Å². The van der Waals surface area contributed by atoms with Crippen LogP contribution < -0.4 is 17.2 Å². The number of hydrogen-bond acceptors (Lipinski definition) is 6. The number of thioether (sulfide) groups is 1. The SMILES string of the molecule is CCN(CCSCc1csc(N=C(N)N)n1)C(N)=NC#N. The second-order valence-electron chi connectivity index (χ2n) is 3.86. The van der Waals surface area contributed by atoms with E-state index in [1.807, 2.05) is 17.2 Å². The molecule has 8 nitrogen and oxygen atoms in total. The fourth-order valence-corrected chi connectivity index (χ4v) is 3.09. The lowest BCUT2D eigenvalue weighted by Crippen LogP contribution is -2.38. The highest BCUT2D eigenvalue weighted by Gasteiger charge is 2.06. The molecule has 1 aromatic rings. The lowest BCUT2D eigenvalue weighted by atomic mass is 10.5. The molecule has 10 heteroatoms. The third-order valence-corrected chi connectivity index (χ3v) is 4.14. The molecule has 0 amide bonds. The molecule has 0 radical (unpaired) electrons. The Labute approximate surface area is 131 Å². The largest absolute Gasteiger partial charge is 0.370 e. The van der Waals surface area contributed by atoms with Gasteiger partial charge in [-0.25, -0.2) is 4.98 Å². The second-order valence-corrected chi connectivity index (χ2v) is 5.80. The quantitative estimate of drug-likeness (QED) is 0.285.